The van der Waals surface area contributed by atoms with Crippen molar-refractivity contribution in [1.29, 1.82) is 0 Å². The van der Waals surface area contributed by atoms with Crippen molar-refractivity contribution in [3.63, 3.8) is 0 Å². The minimum absolute atomic E-state index is 0.0947. The number of carbonyl (C=O) groups excluding carboxylic acids is 1. The summed E-state index contributed by atoms with van der Waals surface area (Å²) in [6, 6.07) is 15.4. The fourth-order valence-electron chi connectivity index (χ4n) is 2.32. The molecule has 3 N–H and O–H groups in total. The summed E-state index contributed by atoms with van der Waals surface area (Å²) in [4.78, 5) is 11.3. The summed E-state index contributed by atoms with van der Waals surface area (Å²) in [7, 11) is -3.87. The molecule has 106 valence electrons. The van der Waals surface area contributed by atoms with Crippen LogP contribution in [0.3, 0.4) is 0 Å². The Bertz CT molecular complexity index is 855. The lowest BCUT2D eigenvalue weighted by Gasteiger charge is -2.09. The van der Waals surface area contributed by atoms with Crippen molar-refractivity contribution in [2.75, 3.05) is 5.32 Å². The minimum atomic E-state index is -3.87. The van der Waals surface area contributed by atoms with Crippen LogP contribution in [0.4, 0.5) is 5.69 Å². The second kappa shape index (κ2) is 4.75. The second-order valence-corrected chi connectivity index (χ2v) is 6.41. The number of hydrogen-bond donors (Lipinski definition) is 2. The number of anilines is 1. The highest BCUT2D eigenvalue weighted by atomic mass is 32.2. The van der Waals surface area contributed by atoms with Gasteiger partial charge in [0.05, 0.1) is 10.6 Å². The van der Waals surface area contributed by atoms with E-state index >= 15 is 0 Å². The number of fused-ring (bicyclic) bond motifs is 1. The predicted molar refractivity (Wildman–Crippen MR) is 79.8 cm³/mol. The van der Waals surface area contributed by atoms with Crippen molar-refractivity contribution < 1.29 is 13.2 Å². The molecule has 0 aliphatic carbocycles. The SMILES string of the molecule is NC(=O)C1=C(Nc2ccccc2)c2ccccc2S1(=O)=O. The van der Waals surface area contributed by atoms with E-state index in [9.17, 15) is 13.2 Å². The van der Waals surface area contributed by atoms with Gasteiger partial charge in [-0.3, -0.25) is 4.79 Å². The van der Waals surface area contributed by atoms with Gasteiger partial charge in [0.2, 0.25) is 9.84 Å². The summed E-state index contributed by atoms with van der Waals surface area (Å²) in [6.07, 6.45) is 0. The van der Waals surface area contributed by atoms with Gasteiger partial charge in [-0.15, -0.1) is 0 Å². The van der Waals surface area contributed by atoms with E-state index in [1.54, 1.807) is 30.3 Å². The average molecular weight is 300 g/mol. The van der Waals surface area contributed by atoms with Crippen LogP contribution < -0.4 is 11.1 Å². The largest absolute Gasteiger partial charge is 0.365 e. The highest BCUT2D eigenvalue weighted by Gasteiger charge is 2.38. The van der Waals surface area contributed by atoms with E-state index in [4.69, 9.17) is 5.73 Å². The van der Waals surface area contributed by atoms with Gasteiger partial charge in [0, 0.05) is 11.3 Å². The third-order valence-electron chi connectivity index (χ3n) is 3.21. The van der Waals surface area contributed by atoms with Crippen LogP contribution in [0.15, 0.2) is 64.4 Å². The summed E-state index contributed by atoms with van der Waals surface area (Å²) in [5.41, 5.74) is 6.64. The van der Waals surface area contributed by atoms with E-state index < -0.39 is 20.6 Å². The Morgan fingerprint density at radius 2 is 1.57 bits per heavy atom. The number of sulfone groups is 1. The molecule has 1 aliphatic rings. The van der Waals surface area contributed by atoms with Crippen LogP contribution in [0.25, 0.3) is 5.70 Å². The highest BCUT2D eigenvalue weighted by molar-refractivity contribution is 7.97. The van der Waals surface area contributed by atoms with Gasteiger partial charge in [0.1, 0.15) is 0 Å². The first-order valence-electron chi connectivity index (χ1n) is 6.22. The molecule has 1 aliphatic heterocycles. The molecule has 0 radical (unpaired) electrons. The molecule has 3 rings (SSSR count). The number of benzene rings is 2. The molecule has 0 saturated heterocycles. The monoisotopic (exact) mass is 300 g/mol. The Hall–Kier alpha value is -2.60. The summed E-state index contributed by atoms with van der Waals surface area (Å²) < 4.78 is 24.9. The van der Waals surface area contributed by atoms with Crippen molar-refractivity contribution in [3.8, 4) is 0 Å². The van der Waals surface area contributed by atoms with Crippen LogP contribution in [0.5, 0.6) is 0 Å². The first kappa shape index (κ1) is 13.4. The van der Waals surface area contributed by atoms with E-state index in [0.29, 0.717) is 11.3 Å². The standard InChI is InChI=1S/C15H12N2O3S/c16-15(18)14-13(17-10-6-2-1-3-7-10)11-8-4-5-9-12(11)21(14,19)20/h1-9,17H,(H2,16,18). The number of nitrogens with one attached hydrogen (secondary N) is 1. The fraction of sp³-hybridized carbons (Fsp3) is 0. The lowest BCUT2D eigenvalue weighted by atomic mass is 10.1. The number of carbonyl (C=O) groups is 1. The van der Waals surface area contributed by atoms with Gasteiger partial charge < -0.3 is 11.1 Å². The van der Waals surface area contributed by atoms with Crippen molar-refractivity contribution >= 4 is 27.1 Å². The molecule has 0 saturated carbocycles. The van der Waals surface area contributed by atoms with E-state index in [2.05, 4.69) is 5.32 Å². The topological polar surface area (TPSA) is 89.3 Å². The molecular formula is C15H12N2O3S. The van der Waals surface area contributed by atoms with Crippen LogP contribution in [0.1, 0.15) is 5.56 Å². The molecule has 0 spiro atoms. The molecule has 0 fully saturated rings. The molecule has 21 heavy (non-hydrogen) atoms. The Balaban J connectivity index is 2.23. The number of hydrogen-bond acceptors (Lipinski definition) is 4. The molecule has 0 aromatic heterocycles. The first-order valence-corrected chi connectivity index (χ1v) is 7.71. The van der Waals surface area contributed by atoms with Crippen molar-refractivity contribution in [3.05, 3.63) is 65.1 Å². The van der Waals surface area contributed by atoms with Gasteiger partial charge in [-0.2, -0.15) is 0 Å². The van der Waals surface area contributed by atoms with Gasteiger partial charge in [0.25, 0.3) is 5.91 Å². The second-order valence-electron chi connectivity index (χ2n) is 4.56. The zero-order valence-electron chi connectivity index (χ0n) is 10.9. The molecule has 0 unspecified atom stereocenters. The zero-order chi connectivity index (χ0) is 15.0. The number of primary amides is 1. The van der Waals surface area contributed by atoms with Crippen LogP contribution in [-0.2, 0) is 14.6 Å². The predicted octanol–water partition coefficient (Wildman–Crippen LogP) is 1.74. The van der Waals surface area contributed by atoms with Crippen LogP contribution >= 0.6 is 0 Å². The molecule has 5 nitrogen and oxygen atoms in total. The number of para-hydroxylation sites is 1. The van der Waals surface area contributed by atoms with E-state index in [1.165, 1.54) is 6.07 Å². The molecule has 0 atom stereocenters. The zero-order valence-corrected chi connectivity index (χ0v) is 11.7. The number of amides is 1. The smallest absolute Gasteiger partial charge is 0.262 e. The van der Waals surface area contributed by atoms with Crippen molar-refractivity contribution in [2.24, 2.45) is 5.73 Å². The van der Waals surface area contributed by atoms with Crippen LogP contribution in [0, 0.1) is 0 Å². The first-order chi connectivity index (χ1) is 10.0. The maximum absolute atomic E-state index is 12.4. The van der Waals surface area contributed by atoms with Crippen LogP contribution in [0.2, 0.25) is 0 Å². The summed E-state index contributed by atoms with van der Waals surface area (Å²) in [6.45, 7) is 0. The average Bonchev–Trinajstić information content (AvgIpc) is 2.68. The summed E-state index contributed by atoms with van der Waals surface area (Å²) in [5, 5.41) is 2.98. The molecular weight excluding hydrogens is 288 g/mol. The minimum Gasteiger partial charge on any atom is -0.365 e. The third kappa shape index (κ3) is 2.09. The number of rotatable bonds is 3. The molecule has 2 aromatic rings. The fourth-order valence-corrected chi connectivity index (χ4v) is 3.95. The Kier molecular flexibility index (Phi) is 3.03. The highest BCUT2D eigenvalue weighted by Crippen LogP contribution is 2.39. The normalized spacial score (nSPS) is 15.6. The molecule has 2 aromatic carbocycles. The van der Waals surface area contributed by atoms with Crippen molar-refractivity contribution in [1.82, 2.24) is 0 Å². The lowest BCUT2D eigenvalue weighted by molar-refractivity contribution is -0.113. The van der Waals surface area contributed by atoms with Gasteiger partial charge >= 0.3 is 0 Å². The Morgan fingerprint density at radius 3 is 2.24 bits per heavy atom. The van der Waals surface area contributed by atoms with E-state index in [0.717, 1.165) is 0 Å². The van der Waals surface area contributed by atoms with E-state index in [1.807, 2.05) is 18.2 Å². The van der Waals surface area contributed by atoms with Crippen LogP contribution in [-0.4, -0.2) is 14.3 Å². The summed E-state index contributed by atoms with van der Waals surface area (Å²) in [5.74, 6) is -0.968. The summed E-state index contributed by atoms with van der Waals surface area (Å²) >= 11 is 0. The number of nitrogens with two attached hydrogens (primary N) is 1. The third-order valence-corrected chi connectivity index (χ3v) is 5.09. The van der Waals surface area contributed by atoms with Gasteiger partial charge in [0.15, 0.2) is 4.91 Å². The lowest BCUT2D eigenvalue weighted by Crippen LogP contribution is -2.20. The Labute approximate surface area is 122 Å². The Morgan fingerprint density at radius 1 is 0.952 bits per heavy atom. The van der Waals surface area contributed by atoms with Crippen molar-refractivity contribution in [2.45, 2.75) is 4.90 Å². The van der Waals surface area contributed by atoms with E-state index in [-0.39, 0.29) is 10.6 Å². The maximum atomic E-state index is 12.4. The van der Waals surface area contributed by atoms with Gasteiger partial charge in [-0.1, -0.05) is 36.4 Å². The van der Waals surface area contributed by atoms with Gasteiger partial charge in [-0.05, 0) is 18.2 Å². The molecule has 1 heterocycles. The maximum Gasteiger partial charge on any atom is 0.262 e. The quantitative estimate of drug-likeness (QED) is 0.903. The molecule has 6 heteroatoms. The van der Waals surface area contributed by atoms with Gasteiger partial charge in [-0.25, -0.2) is 8.42 Å². The molecule has 0 bridgehead atoms. The molecule has 1 amide bonds.